The molecule has 0 bridgehead atoms. The zero-order valence-electron chi connectivity index (χ0n) is 18.9. The zero-order valence-corrected chi connectivity index (χ0v) is 19.7. The molecule has 1 fully saturated rings. The van der Waals surface area contributed by atoms with E-state index in [0.29, 0.717) is 6.54 Å². The van der Waals surface area contributed by atoms with Crippen LogP contribution >= 0.6 is 11.8 Å². The third-order valence-electron chi connectivity index (χ3n) is 5.89. The molecule has 3 aromatic rings. The maximum Gasteiger partial charge on any atom is 0.240 e. The number of rotatable bonds is 8. The Kier molecular flexibility index (Phi) is 7.60. The Morgan fingerprint density at radius 1 is 0.969 bits per heavy atom. The highest BCUT2D eigenvalue weighted by atomic mass is 32.2. The van der Waals surface area contributed by atoms with Crippen LogP contribution in [-0.4, -0.2) is 51.0 Å². The SMILES string of the molecule is CC(Sc1nnc(CN2CCCCC2)n1Cc1ccccc1)C(=O)N(C)c1ccccc1. The number of hydrogen-bond acceptors (Lipinski definition) is 5. The lowest BCUT2D eigenvalue weighted by Crippen LogP contribution is -2.33. The monoisotopic (exact) mass is 449 g/mol. The number of aromatic nitrogens is 3. The summed E-state index contributed by atoms with van der Waals surface area (Å²) in [7, 11) is 1.82. The van der Waals surface area contributed by atoms with Crippen LogP contribution in [0.3, 0.4) is 0 Å². The number of carbonyl (C=O) groups is 1. The van der Waals surface area contributed by atoms with Gasteiger partial charge in [-0.05, 0) is 50.6 Å². The van der Waals surface area contributed by atoms with E-state index in [-0.39, 0.29) is 11.2 Å². The van der Waals surface area contributed by atoms with Crippen LogP contribution in [0.2, 0.25) is 0 Å². The summed E-state index contributed by atoms with van der Waals surface area (Å²) in [6, 6.07) is 20.1. The minimum atomic E-state index is -0.276. The number of piperidine rings is 1. The van der Waals surface area contributed by atoms with Gasteiger partial charge in [-0.15, -0.1) is 10.2 Å². The smallest absolute Gasteiger partial charge is 0.240 e. The Balaban J connectivity index is 1.53. The van der Waals surface area contributed by atoms with Crippen molar-refractivity contribution in [3.63, 3.8) is 0 Å². The number of benzene rings is 2. The van der Waals surface area contributed by atoms with Gasteiger partial charge in [-0.1, -0.05) is 66.7 Å². The molecular formula is C25H31N5OS. The van der Waals surface area contributed by atoms with Crippen molar-refractivity contribution >= 4 is 23.4 Å². The molecule has 168 valence electrons. The van der Waals surface area contributed by atoms with Crippen molar-refractivity contribution in [3.8, 4) is 0 Å². The first-order valence-corrected chi connectivity index (χ1v) is 12.2. The molecule has 0 saturated carbocycles. The van der Waals surface area contributed by atoms with Crippen molar-refractivity contribution in [2.75, 3.05) is 25.0 Å². The summed E-state index contributed by atoms with van der Waals surface area (Å²) in [4.78, 5) is 17.3. The van der Waals surface area contributed by atoms with Crippen molar-refractivity contribution in [2.24, 2.45) is 0 Å². The molecule has 1 aromatic heterocycles. The Morgan fingerprint density at radius 2 is 1.62 bits per heavy atom. The highest BCUT2D eigenvalue weighted by Gasteiger charge is 2.24. The second-order valence-electron chi connectivity index (χ2n) is 8.30. The second kappa shape index (κ2) is 10.8. The number of nitrogens with zero attached hydrogens (tertiary/aromatic N) is 5. The van der Waals surface area contributed by atoms with Crippen LogP contribution in [0, 0.1) is 0 Å². The van der Waals surface area contributed by atoms with Crippen LogP contribution in [0.1, 0.15) is 37.6 Å². The lowest BCUT2D eigenvalue weighted by molar-refractivity contribution is -0.117. The van der Waals surface area contributed by atoms with Gasteiger partial charge in [0, 0.05) is 12.7 Å². The molecule has 7 heteroatoms. The van der Waals surface area contributed by atoms with E-state index in [9.17, 15) is 4.79 Å². The van der Waals surface area contributed by atoms with E-state index in [4.69, 9.17) is 0 Å². The largest absolute Gasteiger partial charge is 0.315 e. The molecule has 1 unspecified atom stereocenters. The summed E-state index contributed by atoms with van der Waals surface area (Å²) >= 11 is 1.48. The van der Waals surface area contributed by atoms with Crippen LogP contribution in [0.5, 0.6) is 0 Å². The highest BCUT2D eigenvalue weighted by molar-refractivity contribution is 8.00. The fourth-order valence-corrected chi connectivity index (χ4v) is 4.99. The number of hydrogen-bond donors (Lipinski definition) is 0. The van der Waals surface area contributed by atoms with Crippen LogP contribution in [0.25, 0.3) is 0 Å². The second-order valence-corrected chi connectivity index (χ2v) is 9.61. The molecule has 2 aromatic carbocycles. The zero-order chi connectivity index (χ0) is 22.3. The lowest BCUT2D eigenvalue weighted by Gasteiger charge is -2.26. The van der Waals surface area contributed by atoms with Crippen LogP contribution in [-0.2, 0) is 17.9 Å². The van der Waals surface area contributed by atoms with Crippen LogP contribution in [0.15, 0.2) is 65.8 Å². The van der Waals surface area contributed by atoms with E-state index in [1.807, 2.05) is 50.4 Å². The minimum Gasteiger partial charge on any atom is -0.315 e. The standard InChI is InChI=1S/C25H31N5OS/c1-20(24(31)28(2)22-14-8-4-9-15-22)32-25-27-26-23(19-29-16-10-5-11-17-29)30(25)18-21-12-6-3-7-13-21/h3-4,6-9,12-15,20H,5,10-11,16-19H2,1-2H3. The summed E-state index contributed by atoms with van der Waals surface area (Å²) in [5, 5.41) is 9.58. The molecule has 0 N–H and O–H groups in total. The highest BCUT2D eigenvalue weighted by Crippen LogP contribution is 2.26. The predicted octanol–water partition coefficient (Wildman–Crippen LogP) is 4.46. The van der Waals surface area contributed by atoms with Gasteiger partial charge in [0.05, 0.1) is 18.3 Å². The third-order valence-corrected chi connectivity index (χ3v) is 6.96. The Bertz CT molecular complexity index is 1000. The molecule has 0 aliphatic carbocycles. The average molecular weight is 450 g/mol. The van der Waals surface area contributed by atoms with Gasteiger partial charge >= 0.3 is 0 Å². The first-order valence-electron chi connectivity index (χ1n) is 11.3. The number of carbonyl (C=O) groups excluding carboxylic acids is 1. The summed E-state index contributed by atoms with van der Waals surface area (Å²) in [5.74, 6) is 1.02. The number of para-hydroxylation sites is 1. The summed E-state index contributed by atoms with van der Waals surface area (Å²) < 4.78 is 2.18. The van der Waals surface area contributed by atoms with Gasteiger partial charge in [-0.2, -0.15) is 0 Å². The molecule has 1 atom stereocenters. The van der Waals surface area contributed by atoms with Crippen molar-refractivity contribution in [3.05, 3.63) is 72.1 Å². The fraction of sp³-hybridized carbons (Fsp3) is 0.400. The van der Waals surface area contributed by atoms with E-state index in [2.05, 4.69) is 43.9 Å². The molecule has 2 heterocycles. The Hall–Kier alpha value is -2.64. The van der Waals surface area contributed by atoms with E-state index in [1.165, 1.54) is 36.6 Å². The number of amides is 1. The van der Waals surface area contributed by atoms with E-state index < -0.39 is 0 Å². The van der Waals surface area contributed by atoms with Gasteiger partial charge < -0.3 is 9.47 Å². The molecular weight excluding hydrogens is 418 g/mol. The number of anilines is 1. The Labute approximate surface area is 194 Å². The van der Waals surface area contributed by atoms with E-state index >= 15 is 0 Å². The van der Waals surface area contributed by atoms with Gasteiger partial charge in [0.25, 0.3) is 0 Å². The molecule has 1 aliphatic heterocycles. The first kappa shape index (κ1) is 22.6. The van der Waals surface area contributed by atoms with Gasteiger partial charge in [0.2, 0.25) is 5.91 Å². The maximum absolute atomic E-state index is 13.1. The molecule has 32 heavy (non-hydrogen) atoms. The predicted molar refractivity (Wildman–Crippen MR) is 130 cm³/mol. The fourth-order valence-electron chi connectivity index (χ4n) is 4.03. The van der Waals surface area contributed by atoms with Crippen molar-refractivity contribution in [1.29, 1.82) is 0 Å². The first-order chi connectivity index (χ1) is 15.6. The molecule has 0 spiro atoms. The topological polar surface area (TPSA) is 54.3 Å². The summed E-state index contributed by atoms with van der Waals surface area (Å²) in [6.07, 6.45) is 3.79. The van der Waals surface area contributed by atoms with E-state index in [0.717, 1.165) is 36.3 Å². The quantitative estimate of drug-likeness (QED) is 0.476. The van der Waals surface area contributed by atoms with Crippen molar-refractivity contribution in [1.82, 2.24) is 19.7 Å². The average Bonchev–Trinajstić information content (AvgIpc) is 3.20. The lowest BCUT2D eigenvalue weighted by atomic mass is 10.1. The minimum absolute atomic E-state index is 0.0491. The van der Waals surface area contributed by atoms with Crippen LogP contribution < -0.4 is 4.90 Å². The van der Waals surface area contributed by atoms with Gasteiger partial charge in [0.1, 0.15) is 5.82 Å². The molecule has 6 nitrogen and oxygen atoms in total. The van der Waals surface area contributed by atoms with Crippen molar-refractivity contribution < 1.29 is 4.79 Å². The normalized spacial score (nSPS) is 15.4. The Morgan fingerprint density at radius 3 is 2.31 bits per heavy atom. The third kappa shape index (κ3) is 5.58. The summed E-state index contributed by atoms with van der Waals surface area (Å²) in [6.45, 7) is 5.66. The molecule has 0 radical (unpaired) electrons. The number of likely N-dealkylation sites (tertiary alicyclic amines) is 1. The van der Waals surface area contributed by atoms with Gasteiger partial charge in [-0.3, -0.25) is 9.69 Å². The summed E-state index contributed by atoms with van der Waals surface area (Å²) in [5.41, 5.74) is 2.09. The number of thioether (sulfide) groups is 1. The maximum atomic E-state index is 13.1. The molecule has 1 saturated heterocycles. The van der Waals surface area contributed by atoms with Gasteiger partial charge in [-0.25, -0.2) is 0 Å². The molecule has 4 rings (SSSR count). The van der Waals surface area contributed by atoms with Gasteiger partial charge in [0.15, 0.2) is 5.16 Å². The van der Waals surface area contributed by atoms with E-state index in [1.54, 1.807) is 4.90 Å². The van der Waals surface area contributed by atoms with Crippen molar-refractivity contribution in [2.45, 2.75) is 49.7 Å². The molecule has 1 aliphatic rings. The molecule has 1 amide bonds. The van der Waals surface area contributed by atoms with Crippen LogP contribution in [0.4, 0.5) is 5.69 Å².